The van der Waals surface area contributed by atoms with Crippen molar-refractivity contribution in [2.45, 2.75) is 60.3 Å². The van der Waals surface area contributed by atoms with Crippen molar-refractivity contribution in [3.8, 4) is 0 Å². The van der Waals surface area contributed by atoms with Gasteiger partial charge in [0.15, 0.2) is 0 Å². The van der Waals surface area contributed by atoms with Crippen LogP contribution >= 0.6 is 11.3 Å². The second kappa shape index (κ2) is 7.69. The first-order valence-corrected chi connectivity index (χ1v) is 11.6. The Hall–Kier alpha value is -2.40. The van der Waals surface area contributed by atoms with Gasteiger partial charge in [0.25, 0.3) is 5.91 Å². The molecule has 0 spiro atoms. The zero-order valence-electron chi connectivity index (χ0n) is 18.6. The largest absolute Gasteiger partial charge is 0.397 e. The molecule has 1 amide bonds. The predicted molar refractivity (Wildman–Crippen MR) is 127 cm³/mol. The Morgan fingerprint density at radius 3 is 2.83 bits per heavy atom. The van der Waals surface area contributed by atoms with Gasteiger partial charge in [-0.2, -0.15) is 0 Å². The lowest BCUT2D eigenvalue weighted by Gasteiger charge is -2.36. The number of carbonyl (C=O) groups excluding carboxylic acids is 1. The van der Waals surface area contributed by atoms with Crippen molar-refractivity contribution < 1.29 is 4.79 Å². The van der Waals surface area contributed by atoms with Gasteiger partial charge in [0.1, 0.15) is 9.71 Å². The number of nitrogens with one attached hydrogen (secondary N) is 1. The van der Waals surface area contributed by atoms with E-state index in [9.17, 15) is 4.79 Å². The molecule has 1 unspecified atom stereocenters. The van der Waals surface area contributed by atoms with Gasteiger partial charge >= 0.3 is 0 Å². The molecule has 4 rings (SSSR count). The van der Waals surface area contributed by atoms with E-state index >= 15 is 0 Å². The molecule has 0 saturated carbocycles. The van der Waals surface area contributed by atoms with Gasteiger partial charge < -0.3 is 11.1 Å². The number of anilines is 2. The fourth-order valence-corrected chi connectivity index (χ4v) is 5.37. The number of hydrogen-bond donors (Lipinski definition) is 2. The van der Waals surface area contributed by atoms with Gasteiger partial charge in [-0.15, -0.1) is 11.3 Å². The smallest absolute Gasteiger partial charge is 0.267 e. The van der Waals surface area contributed by atoms with Crippen molar-refractivity contribution >= 4 is 38.8 Å². The molecule has 30 heavy (non-hydrogen) atoms. The second-order valence-corrected chi connectivity index (χ2v) is 10.3. The molecule has 158 valence electrons. The molecule has 5 heteroatoms. The molecule has 2 heterocycles. The number of carbonyl (C=O) groups is 1. The van der Waals surface area contributed by atoms with Crippen molar-refractivity contribution in [3.05, 3.63) is 51.5 Å². The highest BCUT2D eigenvalue weighted by molar-refractivity contribution is 7.21. The molecule has 2 aromatic heterocycles. The quantitative estimate of drug-likeness (QED) is 0.520. The summed E-state index contributed by atoms with van der Waals surface area (Å²) in [4.78, 5) is 19.3. The number of benzene rings is 1. The van der Waals surface area contributed by atoms with Crippen LogP contribution in [0.2, 0.25) is 0 Å². The minimum Gasteiger partial charge on any atom is -0.397 e. The molecule has 0 bridgehead atoms. The molecular formula is C25H31N3OS. The van der Waals surface area contributed by atoms with Gasteiger partial charge in [-0.05, 0) is 73.3 Å². The zero-order chi connectivity index (χ0) is 21.6. The number of hydrogen-bond acceptors (Lipinski definition) is 4. The van der Waals surface area contributed by atoms with E-state index in [0.29, 0.717) is 21.9 Å². The van der Waals surface area contributed by atoms with Crippen LogP contribution in [0.1, 0.15) is 65.7 Å². The van der Waals surface area contributed by atoms with Crippen LogP contribution in [0, 0.1) is 25.2 Å². The molecule has 1 aliphatic carbocycles. The number of aromatic nitrogens is 1. The molecule has 1 atom stereocenters. The standard InChI is InChI=1S/C25H31N3OS/c1-6-25(4,5)17-10-11-20-16(12-17)13-18-21(26)22(30-24(18)28-20)23(29)27-19-9-7-8-14(2)15(19)3/h7-9,13,17H,6,10-12,26H2,1-5H3,(H,27,29). The highest BCUT2D eigenvalue weighted by atomic mass is 32.1. The van der Waals surface area contributed by atoms with Crippen LogP contribution < -0.4 is 11.1 Å². The fraction of sp³-hybridized carbons (Fsp3) is 0.440. The van der Waals surface area contributed by atoms with E-state index in [0.717, 1.165) is 39.9 Å². The van der Waals surface area contributed by atoms with Gasteiger partial charge in [0, 0.05) is 16.8 Å². The number of nitrogens with zero attached hydrogens (tertiary/aromatic N) is 1. The number of nitrogen functional groups attached to an aromatic ring is 1. The SMILES string of the molecule is CCC(C)(C)C1CCc2nc3sc(C(=O)Nc4cccc(C)c4C)c(N)c3cc2C1. The summed E-state index contributed by atoms with van der Waals surface area (Å²) in [6.07, 6.45) is 4.39. The topological polar surface area (TPSA) is 68.0 Å². The Morgan fingerprint density at radius 2 is 2.10 bits per heavy atom. The molecule has 0 fully saturated rings. The van der Waals surface area contributed by atoms with E-state index in [2.05, 4.69) is 32.2 Å². The van der Waals surface area contributed by atoms with Gasteiger partial charge in [-0.3, -0.25) is 4.79 Å². The molecule has 0 aliphatic heterocycles. The Labute approximate surface area is 182 Å². The van der Waals surface area contributed by atoms with Gasteiger partial charge in [-0.25, -0.2) is 4.98 Å². The van der Waals surface area contributed by atoms with E-state index in [-0.39, 0.29) is 5.91 Å². The van der Waals surface area contributed by atoms with E-state index in [1.165, 1.54) is 35.4 Å². The van der Waals surface area contributed by atoms with Crippen LogP contribution in [-0.4, -0.2) is 10.9 Å². The number of thiophene rings is 1. The highest BCUT2D eigenvalue weighted by Crippen LogP contribution is 2.42. The summed E-state index contributed by atoms with van der Waals surface area (Å²) in [5, 5.41) is 3.95. The maximum Gasteiger partial charge on any atom is 0.267 e. The van der Waals surface area contributed by atoms with Crippen LogP contribution in [0.3, 0.4) is 0 Å². The summed E-state index contributed by atoms with van der Waals surface area (Å²) in [5.41, 5.74) is 12.8. The number of rotatable bonds is 4. The summed E-state index contributed by atoms with van der Waals surface area (Å²) in [5.74, 6) is 0.494. The van der Waals surface area contributed by atoms with E-state index < -0.39 is 0 Å². The van der Waals surface area contributed by atoms with Crippen molar-refractivity contribution in [2.24, 2.45) is 11.3 Å². The monoisotopic (exact) mass is 421 g/mol. The summed E-state index contributed by atoms with van der Waals surface area (Å²) < 4.78 is 0. The van der Waals surface area contributed by atoms with Crippen molar-refractivity contribution in [1.29, 1.82) is 0 Å². The molecule has 1 aliphatic rings. The maximum atomic E-state index is 13.0. The van der Waals surface area contributed by atoms with Crippen LogP contribution in [0.25, 0.3) is 10.2 Å². The van der Waals surface area contributed by atoms with E-state index in [1.807, 2.05) is 32.0 Å². The number of aryl methyl sites for hydroxylation is 2. The summed E-state index contributed by atoms with van der Waals surface area (Å²) in [6.45, 7) is 11.1. The molecule has 0 radical (unpaired) electrons. The summed E-state index contributed by atoms with van der Waals surface area (Å²) >= 11 is 1.40. The summed E-state index contributed by atoms with van der Waals surface area (Å²) in [6, 6.07) is 8.11. The lowest BCUT2D eigenvalue weighted by atomic mass is 9.69. The fourth-order valence-electron chi connectivity index (χ4n) is 4.38. The third kappa shape index (κ3) is 3.60. The molecule has 1 aromatic carbocycles. The van der Waals surface area contributed by atoms with Crippen LogP contribution in [0.5, 0.6) is 0 Å². The van der Waals surface area contributed by atoms with E-state index in [4.69, 9.17) is 10.7 Å². The average Bonchev–Trinajstić information content (AvgIpc) is 3.05. The van der Waals surface area contributed by atoms with Gasteiger partial charge in [0.2, 0.25) is 0 Å². The van der Waals surface area contributed by atoms with Crippen molar-refractivity contribution in [1.82, 2.24) is 4.98 Å². The lowest BCUT2D eigenvalue weighted by Crippen LogP contribution is -2.29. The number of amides is 1. The van der Waals surface area contributed by atoms with Crippen molar-refractivity contribution in [2.75, 3.05) is 11.1 Å². The normalized spacial score (nSPS) is 16.5. The molecule has 3 N–H and O–H groups in total. The third-order valence-corrected chi connectivity index (χ3v) is 8.28. The second-order valence-electron chi connectivity index (χ2n) is 9.28. The van der Waals surface area contributed by atoms with Crippen LogP contribution in [0.4, 0.5) is 11.4 Å². The minimum atomic E-state index is -0.160. The minimum absolute atomic E-state index is 0.160. The number of nitrogens with two attached hydrogens (primary N) is 1. The number of fused-ring (bicyclic) bond motifs is 2. The van der Waals surface area contributed by atoms with Gasteiger partial charge in [0.05, 0.1) is 5.69 Å². The Balaban J connectivity index is 1.66. The number of pyridine rings is 1. The molecule has 3 aromatic rings. The molecular weight excluding hydrogens is 390 g/mol. The van der Waals surface area contributed by atoms with Crippen LogP contribution in [0.15, 0.2) is 24.3 Å². The van der Waals surface area contributed by atoms with Gasteiger partial charge in [-0.1, -0.05) is 39.3 Å². The van der Waals surface area contributed by atoms with Crippen LogP contribution in [-0.2, 0) is 12.8 Å². The highest BCUT2D eigenvalue weighted by Gasteiger charge is 2.32. The van der Waals surface area contributed by atoms with Crippen molar-refractivity contribution in [3.63, 3.8) is 0 Å². The molecule has 0 saturated heterocycles. The lowest BCUT2D eigenvalue weighted by molar-refractivity contribution is 0.103. The maximum absolute atomic E-state index is 13.0. The third-order valence-electron chi connectivity index (χ3n) is 7.16. The first-order valence-electron chi connectivity index (χ1n) is 10.8. The molecule has 4 nitrogen and oxygen atoms in total. The first-order chi connectivity index (χ1) is 14.2. The Bertz CT molecular complexity index is 1130. The summed E-state index contributed by atoms with van der Waals surface area (Å²) in [7, 11) is 0. The average molecular weight is 422 g/mol. The predicted octanol–water partition coefficient (Wildman–Crippen LogP) is 6.29. The zero-order valence-corrected chi connectivity index (χ0v) is 19.4. The Kier molecular flexibility index (Phi) is 5.35. The van der Waals surface area contributed by atoms with E-state index in [1.54, 1.807) is 0 Å². The Morgan fingerprint density at radius 1 is 1.33 bits per heavy atom. The first kappa shape index (κ1) is 20.9.